The average molecular weight is 262 g/mol. The Hall–Kier alpha value is -1.27. The number of piperidine rings is 1. The molecule has 0 aliphatic carbocycles. The minimum absolute atomic E-state index is 0.752. The molecule has 0 bridgehead atoms. The van der Waals surface area contributed by atoms with Crippen LogP contribution in [-0.4, -0.2) is 69.7 Å². The van der Waals surface area contributed by atoms with Crippen LogP contribution >= 0.6 is 0 Å². The zero-order valence-electron chi connectivity index (χ0n) is 11.4. The minimum atomic E-state index is 0.752. The molecule has 0 amide bonds. The molecule has 0 radical (unpaired) electrons. The lowest BCUT2D eigenvalue weighted by Crippen LogP contribution is -2.39. The van der Waals surface area contributed by atoms with Crippen LogP contribution in [0.15, 0.2) is 6.08 Å². The van der Waals surface area contributed by atoms with Gasteiger partial charge in [0.2, 0.25) is 5.82 Å². The molecule has 1 N–H and O–H groups in total. The molecule has 6 nitrogen and oxygen atoms in total. The van der Waals surface area contributed by atoms with Gasteiger partial charge in [-0.05, 0) is 37.6 Å². The number of H-pyrrole nitrogens is 1. The molecule has 6 heteroatoms. The number of nitrogens with one attached hydrogen (secondary N) is 1. The first-order valence-electron chi connectivity index (χ1n) is 7.29. The fraction of sp³-hybridized carbons (Fsp3) is 0.769. The van der Waals surface area contributed by atoms with Crippen LogP contribution < -0.4 is 0 Å². The molecule has 0 aromatic carbocycles. The van der Waals surface area contributed by atoms with Crippen molar-refractivity contribution in [2.75, 3.05) is 39.3 Å². The second-order valence-corrected chi connectivity index (χ2v) is 5.43. The van der Waals surface area contributed by atoms with Crippen LogP contribution in [0.3, 0.4) is 0 Å². The number of rotatable bonds is 4. The topological polar surface area (TPSA) is 60.9 Å². The number of aromatic amines is 1. The Morgan fingerprint density at radius 3 is 2.68 bits per heavy atom. The summed E-state index contributed by atoms with van der Waals surface area (Å²) < 4.78 is 0. The molecule has 3 heterocycles. The van der Waals surface area contributed by atoms with Crippen LogP contribution in [0.25, 0.3) is 5.57 Å². The summed E-state index contributed by atoms with van der Waals surface area (Å²) in [6.45, 7) is 7.00. The highest BCUT2D eigenvalue weighted by atomic mass is 15.5. The lowest BCUT2D eigenvalue weighted by molar-refractivity contribution is 0.189. The Morgan fingerprint density at radius 1 is 1.05 bits per heavy atom. The molecule has 19 heavy (non-hydrogen) atoms. The fourth-order valence-electron chi connectivity index (χ4n) is 2.92. The first-order valence-corrected chi connectivity index (χ1v) is 7.29. The van der Waals surface area contributed by atoms with Crippen LogP contribution in [0.1, 0.15) is 31.5 Å². The highest BCUT2D eigenvalue weighted by Gasteiger charge is 2.18. The van der Waals surface area contributed by atoms with Crippen molar-refractivity contribution < 1.29 is 0 Å². The first-order chi connectivity index (χ1) is 9.42. The number of likely N-dealkylation sites (tertiary alicyclic amines) is 1. The van der Waals surface area contributed by atoms with Crippen LogP contribution in [-0.2, 0) is 0 Å². The van der Waals surface area contributed by atoms with Crippen molar-refractivity contribution in [3.63, 3.8) is 0 Å². The number of tetrazole rings is 1. The fourth-order valence-corrected chi connectivity index (χ4v) is 2.92. The maximum absolute atomic E-state index is 4.07. The molecular formula is C13H22N6. The zero-order valence-corrected chi connectivity index (χ0v) is 11.4. The van der Waals surface area contributed by atoms with Gasteiger partial charge in [0.05, 0.1) is 0 Å². The largest absolute Gasteiger partial charge is 0.302 e. The van der Waals surface area contributed by atoms with Crippen molar-refractivity contribution in [2.24, 2.45) is 0 Å². The van der Waals surface area contributed by atoms with E-state index >= 15 is 0 Å². The number of nitrogens with zero attached hydrogens (tertiary/aromatic N) is 5. The molecule has 1 fully saturated rings. The van der Waals surface area contributed by atoms with Crippen LogP contribution in [0.2, 0.25) is 0 Å². The van der Waals surface area contributed by atoms with E-state index in [1.807, 2.05) is 0 Å². The maximum Gasteiger partial charge on any atom is 0.201 e. The summed E-state index contributed by atoms with van der Waals surface area (Å²) in [5.41, 5.74) is 1.21. The Labute approximate surface area is 113 Å². The SMILES string of the molecule is C1=C(c2nn[nH]n2)CN(CCN2CCCCC2)CC1. The van der Waals surface area contributed by atoms with Gasteiger partial charge in [-0.3, -0.25) is 4.90 Å². The highest BCUT2D eigenvalue weighted by Crippen LogP contribution is 2.17. The van der Waals surface area contributed by atoms with Gasteiger partial charge in [-0.25, -0.2) is 0 Å². The van der Waals surface area contributed by atoms with Crippen molar-refractivity contribution in [2.45, 2.75) is 25.7 Å². The van der Waals surface area contributed by atoms with E-state index in [9.17, 15) is 0 Å². The third-order valence-corrected chi connectivity index (χ3v) is 4.04. The van der Waals surface area contributed by atoms with E-state index in [4.69, 9.17) is 0 Å². The Morgan fingerprint density at radius 2 is 1.89 bits per heavy atom. The molecule has 1 saturated heterocycles. The standard InChI is InChI=1S/C13H22N6/c1-2-6-18(7-3-1)9-10-19-8-4-5-12(11-19)13-14-16-17-15-13/h5H,1-4,6-11H2,(H,14,15,16,17). The van der Waals surface area contributed by atoms with Crippen molar-refractivity contribution in [3.8, 4) is 0 Å². The number of aromatic nitrogens is 4. The summed E-state index contributed by atoms with van der Waals surface area (Å²) in [6, 6.07) is 0. The molecule has 3 rings (SSSR count). The summed E-state index contributed by atoms with van der Waals surface area (Å²) in [7, 11) is 0. The Balaban J connectivity index is 1.48. The van der Waals surface area contributed by atoms with Gasteiger partial charge in [-0.1, -0.05) is 12.5 Å². The monoisotopic (exact) mass is 262 g/mol. The molecule has 0 spiro atoms. The van der Waals surface area contributed by atoms with Crippen molar-refractivity contribution in [1.82, 2.24) is 30.4 Å². The van der Waals surface area contributed by atoms with Gasteiger partial charge < -0.3 is 4.90 Å². The van der Waals surface area contributed by atoms with Crippen LogP contribution in [0.4, 0.5) is 0 Å². The Bertz CT molecular complexity index is 407. The van der Waals surface area contributed by atoms with Gasteiger partial charge in [-0.15, -0.1) is 10.2 Å². The van der Waals surface area contributed by atoms with Crippen molar-refractivity contribution >= 4 is 5.57 Å². The smallest absolute Gasteiger partial charge is 0.201 e. The van der Waals surface area contributed by atoms with Crippen LogP contribution in [0, 0.1) is 0 Å². The van der Waals surface area contributed by atoms with E-state index < -0.39 is 0 Å². The quantitative estimate of drug-likeness (QED) is 0.868. The van der Waals surface area contributed by atoms with E-state index in [-0.39, 0.29) is 0 Å². The van der Waals surface area contributed by atoms with Gasteiger partial charge in [0.1, 0.15) is 0 Å². The normalized spacial score (nSPS) is 22.4. The average Bonchev–Trinajstić information content (AvgIpc) is 3.01. The van der Waals surface area contributed by atoms with Gasteiger partial charge in [0.25, 0.3) is 0 Å². The summed E-state index contributed by atoms with van der Waals surface area (Å²) in [6.07, 6.45) is 7.47. The number of hydrogen-bond acceptors (Lipinski definition) is 5. The van der Waals surface area contributed by atoms with E-state index in [1.165, 1.54) is 44.5 Å². The molecule has 104 valence electrons. The second-order valence-electron chi connectivity index (χ2n) is 5.43. The minimum Gasteiger partial charge on any atom is -0.302 e. The van der Waals surface area contributed by atoms with E-state index in [2.05, 4.69) is 36.5 Å². The first kappa shape index (κ1) is 12.7. The van der Waals surface area contributed by atoms with E-state index in [1.54, 1.807) is 0 Å². The summed E-state index contributed by atoms with van der Waals surface area (Å²) >= 11 is 0. The predicted molar refractivity (Wildman–Crippen MR) is 73.5 cm³/mol. The number of hydrogen-bond donors (Lipinski definition) is 1. The van der Waals surface area contributed by atoms with Gasteiger partial charge >= 0.3 is 0 Å². The van der Waals surface area contributed by atoms with Crippen LogP contribution in [0.5, 0.6) is 0 Å². The molecule has 1 aromatic heterocycles. The Kier molecular flexibility index (Phi) is 4.20. The van der Waals surface area contributed by atoms with E-state index in [0.29, 0.717) is 0 Å². The zero-order chi connectivity index (χ0) is 12.9. The van der Waals surface area contributed by atoms with E-state index in [0.717, 1.165) is 31.9 Å². The van der Waals surface area contributed by atoms with Crippen molar-refractivity contribution in [1.29, 1.82) is 0 Å². The highest BCUT2D eigenvalue weighted by molar-refractivity contribution is 5.61. The lowest BCUT2D eigenvalue weighted by Gasteiger charge is -2.31. The van der Waals surface area contributed by atoms with Crippen molar-refractivity contribution in [3.05, 3.63) is 11.9 Å². The second kappa shape index (κ2) is 6.25. The van der Waals surface area contributed by atoms with Gasteiger partial charge in [0.15, 0.2) is 0 Å². The predicted octanol–water partition coefficient (Wildman–Crippen LogP) is 0.775. The van der Waals surface area contributed by atoms with Gasteiger partial charge in [-0.2, -0.15) is 5.21 Å². The molecular weight excluding hydrogens is 240 g/mol. The molecule has 2 aliphatic heterocycles. The molecule has 0 atom stereocenters. The summed E-state index contributed by atoms with van der Waals surface area (Å²) in [5, 5.41) is 14.3. The maximum atomic E-state index is 4.07. The summed E-state index contributed by atoms with van der Waals surface area (Å²) in [4.78, 5) is 5.09. The summed E-state index contributed by atoms with van der Waals surface area (Å²) in [5.74, 6) is 0.752. The third-order valence-electron chi connectivity index (χ3n) is 4.04. The molecule has 2 aliphatic rings. The van der Waals surface area contributed by atoms with Gasteiger partial charge in [0, 0.05) is 31.8 Å². The molecule has 0 unspecified atom stereocenters. The third kappa shape index (κ3) is 3.39. The lowest BCUT2D eigenvalue weighted by atomic mass is 10.1. The molecule has 1 aromatic rings. The molecule has 0 saturated carbocycles.